The molecule has 1 N–H and O–H groups in total. The smallest absolute Gasteiger partial charge is 0.0410 e. The van der Waals surface area contributed by atoms with Crippen LogP contribution in [0.3, 0.4) is 0 Å². The lowest BCUT2D eigenvalue weighted by molar-refractivity contribution is 0.396. The van der Waals surface area contributed by atoms with Crippen molar-refractivity contribution in [2.75, 3.05) is 45.2 Å². The molecule has 1 aliphatic heterocycles. The number of anilines is 1. The van der Waals surface area contributed by atoms with Gasteiger partial charge in [0.2, 0.25) is 0 Å². The number of hydrogen-bond donors (Lipinski definition) is 1. The minimum absolute atomic E-state index is 0.770. The Bertz CT molecular complexity index is 450. The van der Waals surface area contributed by atoms with Crippen molar-refractivity contribution in [3.05, 3.63) is 28.8 Å². The van der Waals surface area contributed by atoms with Gasteiger partial charge in [0.05, 0.1) is 0 Å². The first-order valence-corrected chi connectivity index (χ1v) is 8.36. The van der Waals surface area contributed by atoms with E-state index in [1.807, 2.05) is 6.07 Å². The SMILES string of the molecule is CCCNCc1cc(Cl)ccc1N(C)CC1CCN(C)C1. The van der Waals surface area contributed by atoms with Crippen LogP contribution < -0.4 is 10.2 Å². The van der Waals surface area contributed by atoms with Gasteiger partial charge in [-0.2, -0.15) is 0 Å². The first-order chi connectivity index (χ1) is 10.1. The number of benzene rings is 1. The maximum absolute atomic E-state index is 6.17. The van der Waals surface area contributed by atoms with Crippen molar-refractivity contribution in [1.29, 1.82) is 0 Å². The van der Waals surface area contributed by atoms with E-state index >= 15 is 0 Å². The number of nitrogens with one attached hydrogen (secondary N) is 1. The van der Waals surface area contributed by atoms with Gasteiger partial charge in [0, 0.05) is 37.4 Å². The highest BCUT2D eigenvalue weighted by atomic mass is 35.5. The first-order valence-electron chi connectivity index (χ1n) is 7.99. The van der Waals surface area contributed by atoms with E-state index in [0.29, 0.717) is 0 Å². The topological polar surface area (TPSA) is 18.5 Å². The van der Waals surface area contributed by atoms with Crippen LogP contribution in [0.15, 0.2) is 18.2 Å². The molecule has 1 fully saturated rings. The molecule has 0 bridgehead atoms. The van der Waals surface area contributed by atoms with E-state index in [2.05, 4.69) is 48.3 Å². The molecule has 0 aliphatic carbocycles. The summed E-state index contributed by atoms with van der Waals surface area (Å²) in [5, 5.41) is 4.30. The molecule has 0 radical (unpaired) electrons. The molecule has 1 unspecified atom stereocenters. The molecule has 1 aromatic carbocycles. The molecule has 1 atom stereocenters. The average Bonchev–Trinajstić information content (AvgIpc) is 2.84. The van der Waals surface area contributed by atoms with E-state index in [1.165, 1.54) is 30.8 Å². The van der Waals surface area contributed by atoms with Crippen molar-refractivity contribution in [3.8, 4) is 0 Å². The molecule has 118 valence electrons. The molecule has 0 spiro atoms. The van der Waals surface area contributed by atoms with Gasteiger partial charge in [0.15, 0.2) is 0 Å². The van der Waals surface area contributed by atoms with Gasteiger partial charge in [0.1, 0.15) is 0 Å². The van der Waals surface area contributed by atoms with Crippen LogP contribution in [0.1, 0.15) is 25.3 Å². The summed E-state index contributed by atoms with van der Waals surface area (Å²) in [6, 6.07) is 6.25. The molecule has 1 aromatic rings. The molecule has 0 aromatic heterocycles. The Hall–Kier alpha value is -0.770. The standard InChI is InChI=1S/C17H28ClN3/c1-4-8-19-11-15-10-16(18)5-6-17(15)21(3)13-14-7-9-20(2)12-14/h5-6,10,14,19H,4,7-9,11-13H2,1-3H3. The average molecular weight is 310 g/mol. The largest absolute Gasteiger partial charge is 0.374 e. The Morgan fingerprint density at radius 3 is 2.90 bits per heavy atom. The number of halogens is 1. The van der Waals surface area contributed by atoms with Crippen molar-refractivity contribution in [3.63, 3.8) is 0 Å². The Morgan fingerprint density at radius 1 is 1.43 bits per heavy atom. The summed E-state index contributed by atoms with van der Waals surface area (Å²) in [7, 11) is 4.41. The van der Waals surface area contributed by atoms with Gasteiger partial charge in [-0.15, -0.1) is 0 Å². The van der Waals surface area contributed by atoms with Gasteiger partial charge < -0.3 is 15.1 Å². The number of nitrogens with zero attached hydrogens (tertiary/aromatic N) is 2. The van der Waals surface area contributed by atoms with Gasteiger partial charge >= 0.3 is 0 Å². The lowest BCUT2D eigenvalue weighted by Crippen LogP contribution is -2.28. The normalized spacial score (nSPS) is 19.1. The maximum Gasteiger partial charge on any atom is 0.0410 e. The molecule has 21 heavy (non-hydrogen) atoms. The zero-order chi connectivity index (χ0) is 15.2. The molecule has 0 amide bonds. The van der Waals surface area contributed by atoms with Gasteiger partial charge in [-0.1, -0.05) is 18.5 Å². The fraction of sp³-hybridized carbons (Fsp3) is 0.647. The molecule has 3 nitrogen and oxygen atoms in total. The summed E-state index contributed by atoms with van der Waals surface area (Å²) in [4.78, 5) is 4.81. The van der Waals surface area contributed by atoms with E-state index in [1.54, 1.807) is 0 Å². The molecule has 4 heteroatoms. The molecule has 0 saturated carbocycles. The lowest BCUT2D eigenvalue weighted by atomic mass is 10.1. The summed E-state index contributed by atoms with van der Waals surface area (Å²) < 4.78 is 0. The van der Waals surface area contributed by atoms with E-state index in [-0.39, 0.29) is 0 Å². The summed E-state index contributed by atoms with van der Waals surface area (Å²) >= 11 is 6.17. The number of hydrogen-bond acceptors (Lipinski definition) is 3. The third-order valence-electron chi connectivity index (χ3n) is 4.22. The van der Waals surface area contributed by atoms with Crippen LogP contribution >= 0.6 is 11.6 Å². The van der Waals surface area contributed by atoms with Crippen LogP contribution in [-0.2, 0) is 6.54 Å². The van der Waals surface area contributed by atoms with E-state index in [0.717, 1.165) is 37.0 Å². The second-order valence-electron chi connectivity index (χ2n) is 6.25. The fourth-order valence-electron chi connectivity index (χ4n) is 3.13. The van der Waals surface area contributed by atoms with E-state index in [4.69, 9.17) is 11.6 Å². The fourth-order valence-corrected chi connectivity index (χ4v) is 3.32. The van der Waals surface area contributed by atoms with Crippen molar-refractivity contribution in [2.24, 2.45) is 5.92 Å². The monoisotopic (exact) mass is 309 g/mol. The van der Waals surface area contributed by atoms with Gasteiger partial charge in [-0.05, 0) is 62.7 Å². The van der Waals surface area contributed by atoms with Crippen LogP contribution in [0.2, 0.25) is 5.02 Å². The van der Waals surface area contributed by atoms with Crippen molar-refractivity contribution in [1.82, 2.24) is 10.2 Å². The lowest BCUT2D eigenvalue weighted by Gasteiger charge is -2.26. The summed E-state index contributed by atoms with van der Waals surface area (Å²) in [5.41, 5.74) is 2.60. The number of likely N-dealkylation sites (tertiary alicyclic amines) is 1. The number of rotatable bonds is 7. The van der Waals surface area contributed by atoms with E-state index in [9.17, 15) is 0 Å². The molecular formula is C17H28ClN3. The predicted molar refractivity (Wildman–Crippen MR) is 92.3 cm³/mol. The maximum atomic E-state index is 6.17. The quantitative estimate of drug-likeness (QED) is 0.780. The third kappa shape index (κ3) is 4.87. The second kappa shape index (κ2) is 8.02. The Labute approximate surface area is 134 Å². The van der Waals surface area contributed by atoms with Crippen LogP contribution in [0, 0.1) is 5.92 Å². The minimum Gasteiger partial charge on any atom is -0.374 e. The minimum atomic E-state index is 0.770. The third-order valence-corrected chi connectivity index (χ3v) is 4.45. The van der Waals surface area contributed by atoms with Gasteiger partial charge in [-0.3, -0.25) is 0 Å². The van der Waals surface area contributed by atoms with Crippen LogP contribution in [-0.4, -0.2) is 45.2 Å². The van der Waals surface area contributed by atoms with Crippen molar-refractivity contribution >= 4 is 17.3 Å². The Kier molecular flexibility index (Phi) is 6.34. The molecule has 1 aliphatic rings. The Morgan fingerprint density at radius 2 is 2.24 bits per heavy atom. The highest BCUT2D eigenvalue weighted by Crippen LogP contribution is 2.26. The van der Waals surface area contributed by atoms with Crippen molar-refractivity contribution in [2.45, 2.75) is 26.3 Å². The van der Waals surface area contributed by atoms with Gasteiger partial charge in [-0.25, -0.2) is 0 Å². The molecular weight excluding hydrogens is 282 g/mol. The molecule has 2 rings (SSSR count). The van der Waals surface area contributed by atoms with Crippen molar-refractivity contribution < 1.29 is 0 Å². The van der Waals surface area contributed by atoms with Crippen LogP contribution in [0.5, 0.6) is 0 Å². The zero-order valence-corrected chi connectivity index (χ0v) is 14.3. The molecule has 1 heterocycles. The molecule has 1 saturated heterocycles. The van der Waals surface area contributed by atoms with Crippen LogP contribution in [0.4, 0.5) is 5.69 Å². The summed E-state index contributed by atoms with van der Waals surface area (Å²) in [6.07, 6.45) is 2.46. The first kappa shape index (κ1) is 16.6. The Balaban J connectivity index is 2.02. The van der Waals surface area contributed by atoms with E-state index < -0.39 is 0 Å². The highest BCUT2D eigenvalue weighted by molar-refractivity contribution is 6.30. The van der Waals surface area contributed by atoms with Gasteiger partial charge in [0.25, 0.3) is 0 Å². The summed E-state index contributed by atoms with van der Waals surface area (Å²) in [5.74, 6) is 0.770. The predicted octanol–water partition coefficient (Wildman–Crippen LogP) is 3.23. The van der Waals surface area contributed by atoms with Crippen LogP contribution in [0.25, 0.3) is 0 Å². The second-order valence-corrected chi connectivity index (χ2v) is 6.68. The highest BCUT2D eigenvalue weighted by Gasteiger charge is 2.21. The summed E-state index contributed by atoms with van der Waals surface area (Å²) in [6.45, 7) is 7.68. The zero-order valence-electron chi connectivity index (χ0n) is 13.5.